The van der Waals surface area contributed by atoms with Crippen LogP contribution in [0.3, 0.4) is 0 Å². The van der Waals surface area contributed by atoms with E-state index in [1.165, 1.54) is 25.7 Å². The molecule has 0 aromatic carbocycles. The first kappa shape index (κ1) is 13.6. The van der Waals surface area contributed by atoms with Gasteiger partial charge in [0.1, 0.15) is 0 Å². The van der Waals surface area contributed by atoms with E-state index in [0.717, 1.165) is 24.8 Å². The number of rotatable bonds is 6. The molecule has 6 heteroatoms. The molecule has 0 spiro atoms. The molecule has 1 heterocycles. The van der Waals surface area contributed by atoms with Gasteiger partial charge in [-0.2, -0.15) is 0 Å². The molecule has 2 N–H and O–H groups in total. The van der Waals surface area contributed by atoms with Gasteiger partial charge in [-0.3, -0.25) is 4.79 Å². The lowest BCUT2D eigenvalue weighted by Gasteiger charge is -2.08. The molecule has 1 aliphatic rings. The number of carboxylic acids is 1. The SMILES string of the molecule is O=C(NCCCC1CCCC1)c1cc(C(=O)O)on1. The first-order chi connectivity index (χ1) is 9.16. The molecule has 1 aliphatic carbocycles. The summed E-state index contributed by atoms with van der Waals surface area (Å²) in [6.45, 7) is 0.588. The zero-order chi connectivity index (χ0) is 13.7. The molecule has 0 unspecified atom stereocenters. The topological polar surface area (TPSA) is 92.4 Å². The van der Waals surface area contributed by atoms with Gasteiger partial charge in [0.2, 0.25) is 5.76 Å². The van der Waals surface area contributed by atoms with Gasteiger partial charge in [0.25, 0.3) is 5.91 Å². The summed E-state index contributed by atoms with van der Waals surface area (Å²) in [6, 6.07) is 1.13. The Morgan fingerprint density at radius 3 is 2.79 bits per heavy atom. The van der Waals surface area contributed by atoms with E-state index in [0.29, 0.717) is 6.54 Å². The Hall–Kier alpha value is -1.85. The number of carboxylic acid groups (broad SMARTS) is 1. The van der Waals surface area contributed by atoms with E-state index in [2.05, 4.69) is 15.0 Å². The molecule has 104 valence electrons. The monoisotopic (exact) mass is 266 g/mol. The van der Waals surface area contributed by atoms with Crippen LogP contribution in [0, 0.1) is 5.92 Å². The molecule has 1 aromatic heterocycles. The fourth-order valence-electron chi connectivity index (χ4n) is 2.47. The number of nitrogens with one attached hydrogen (secondary N) is 1. The second-order valence-corrected chi connectivity index (χ2v) is 4.93. The molecular formula is C13H18N2O4. The zero-order valence-corrected chi connectivity index (χ0v) is 10.7. The Balaban J connectivity index is 1.69. The highest BCUT2D eigenvalue weighted by Crippen LogP contribution is 2.28. The Bertz CT molecular complexity index is 449. The summed E-state index contributed by atoms with van der Waals surface area (Å²) in [5, 5.41) is 14.8. The number of nitrogens with zero attached hydrogens (tertiary/aromatic N) is 1. The van der Waals surface area contributed by atoms with Crippen molar-refractivity contribution in [3.8, 4) is 0 Å². The second kappa shape index (κ2) is 6.36. The Kier molecular flexibility index (Phi) is 4.54. The number of aromatic carboxylic acids is 1. The molecule has 0 radical (unpaired) electrons. The van der Waals surface area contributed by atoms with Crippen molar-refractivity contribution in [1.29, 1.82) is 0 Å². The molecule has 0 atom stereocenters. The van der Waals surface area contributed by atoms with Crippen molar-refractivity contribution in [2.24, 2.45) is 5.92 Å². The molecule has 19 heavy (non-hydrogen) atoms. The number of aromatic nitrogens is 1. The van der Waals surface area contributed by atoms with Crippen LogP contribution in [0.15, 0.2) is 10.6 Å². The minimum absolute atomic E-state index is 0.0123. The van der Waals surface area contributed by atoms with Crippen molar-refractivity contribution >= 4 is 11.9 Å². The lowest BCUT2D eigenvalue weighted by atomic mass is 10.0. The molecule has 6 nitrogen and oxygen atoms in total. The van der Waals surface area contributed by atoms with Crippen molar-refractivity contribution in [3.63, 3.8) is 0 Å². The fourth-order valence-corrected chi connectivity index (χ4v) is 2.47. The minimum Gasteiger partial charge on any atom is -0.475 e. The van der Waals surface area contributed by atoms with Crippen molar-refractivity contribution in [1.82, 2.24) is 10.5 Å². The summed E-state index contributed by atoms with van der Waals surface area (Å²) in [4.78, 5) is 22.2. The highest BCUT2D eigenvalue weighted by atomic mass is 16.5. The van der Waals surface area contributed by atoms with E-state index in [9.17, 15) is 9.59 Å². The van der Waals surface area contributed by atoms with Crippen molar-refractivity contribution in [2.75, 3.05) is 6.54 Å². The van der Waals surface area contributed by atoms with E-state index >= 15 is 0 Å². The van der Waals surface area contributed by atoms with Gasteiger partial charge in [0.05, 0.1) is 0 Å². The van der Waals surface area contributed by atoms with Crippen LogP contribution >= 0.6 is 0 Å². The number of carbonyl (C=O) groups excluding carboxylic acids is 1. The van der Waals surface area contributed by atoms with E-state index in [-0.39, 0.29) is 17.4 Å². The summed E-state index contributed by atoms with van der Waals surface area (Å²) in [5.74, 6) is -1.13. The van der Waals surface area contributed by atoms with E-state index in [1.54, 1.807) is 0 Å². The summed E-state index contributed by atoms with van der Waals surface area (Å²) in [7, 11) is 0. The van der Waals surface area contributed by atoms with Crippen molar-refractivity contribution in [3.05, 3.63) is 17.5 Å². The van der Waals surface area contributed by atoms with Gasteiger partial charge in [0, 0.05) is 12.6 Å². The normalized spacial score (nSPS) is 15.6. The average Bonchev–Trinajstić information content (AvgIpc) is 3.05. The third kappa shape index (κ3) is 3.81. The lowest BCUT2D eigenvalue weighted by Crippen LogP contribution is -2.25. The van der Waals surface area contributed by atoms with Gasteiger partial charge in [-0.25, -0.2) is 4.79 Å². The zero-order valence-electron chi connectivity index (χ0n) is 10.7. The number of hydrogen-bond acceptors (Lipinski definition) is 4. The molecule has 0 aliphatic heterocycles. The van der Waals surface area contributed by atoms with Crippen molar-refractivity contribution < 1.29 is 19.2 Å². The predicted octanol–water partition coefficient (Wildman–Crippen LogP) is 2.07. The summed E-state index contributed by atoms with van der Waals surface area (Å²) >= 11 is 0. The van der Waals surface area contributed by atoms with Crippen LogP contribution in [0.4, 0.5) is 0 Å². The Morgan fingerprint density at radius 2 is 2.16 bits per heavy atom. The maximum atomic E-state index is 11.7. The molecule has 0 saturated heterocycles. The summed E-state index contributed by atoms with van der Waals surface area (Å²) < 4.78 is 4.52. The van der Waals surface area contributed by atoms with E-state index in [1.807, 2.05) is 0 Å². The lowest BCUT2D eigenvalue weighted by molar-refractivity contribution is 0.0651. The standard InChI is InChI=1S/C13H18N2O4/c16-12(10-8-11(13(17)18)19-15-10)14-7-3-6-9-4-1-2-5-9/h8-9H,1-7H2,(H,14,16)(H,17,18). The Labute approximate surface area is 111 Å². The molecule has 1 amide bonds. The maximum Gasteiger partial charge on any atom is 0.374 e. The second-order valence-electron chi connectivity index (χ2n) is 4.93. The molecule has 1 saturated carbocycles. The number of hydrogen-bond donors (Lipinski definition) is 2. The van der Waals surface area contributed by atoms with Crippen LogP contribution in [0.25, 0.3) is 0 Å². The fraction of sp³-hybridized carbons (Fsp3) is 0.615. The predicted molar refractivity (Wildman–Crippen MR) is 67.0 cm³/mol. The van der Waals surface area contributed by atoms with Gasteiger partial charge >= 0.3 is 5.97 Å². The van der Waals surface area contributed by atoms with E-state index in [4.69, 9.17) is 5.11 Å². The minimum atomic E-state index is -1.23. The Morgan fingerprint density at radius 1 is 1.42 bits per heavy atom. The van der Waals surface area contributed by atoms with Crippen LogP contribution in [0.1, 0.15) is 59.6 Å². The van der Waals surface area contributed by atoms with Crippen LogP contribution in [0.2, 0.25) is 0 Å². The smallest absolute Gasteiger partial charge is 0.374 e. The maximum absolute atomic E-state index is 11.7. The highest BCUT2D eigenvalue weighted by molar-refractivity contribution is 5.94. The third-order valence-corrected chi connectivity index (χ3v) is 3.50. The van der Waals surface area contributed by atoms with Gasteiger partial charge in [0.15, 0.2) is 5.69 Å². The van der Waals surface area contributed by atoms with E-state index < -0.39 is 5.97 Å². The highest BCUT2D eigenvalue weighted by Gasteiger charge is 2.17. The van der Waals surface area contributed by atoms with Gasteiger partial charge in [-0.05, 0) is 18.8 Å². The van der Waals surface area contributed by atoms with Gasteiger partial charge < -0.3 is 14.9 Å². The third-order valence-electron chi connectivity index (χ3n) is 3.50. The molecule has 1 fully saturated rings. The molecule has 1 aromatic rings. The van der Waals surface area contributed by atoms with Crippen LogP contribution in [0.5, 0.6) is 0 Å². The first-order valence-corrected chi connectivity index (χ1v) is 6.65. The van der Waals surface area contributed by atoms with Crippen LogP contribution in [-0.2, 0) is 0 Å². The van der Waals surface area contributed by atoms with Crippen LogP contribution in [-0.4, -0.2) is 28.7 Å². The van der Waals surface area contributed by atoms with Gasteiger partial charge in [-0.1, -0.05) is 30.8 Å². The quantitative estimate of drug-likeness (QED) is 0.769. The number of carbonyl (C=O) groups is 2. The molecular weight excluding hydrogens is 248 g/mol. The molecule has 2 rings (SSSR count). The number of amides is 1. The summed E-state index contributed by atoms with van der Waals surface area (Å²) in [5.41, 5.74) is 0.0123. The van der Waals surface area contributed by atoms with Gasteiger partial charge in [-0.15, -0.1) is 0 Å². The summed E-state index contributed by atoms with van der Waals surface area (Å²) in [6.07, 6.45) is 7.35. The largest absolute Gasteiger partial charge is 0.475 e. The van der Waals surface area contributed by atoms with Crippen LogP contribution < -0.4 is 5.32 Å². The molecule has 0 bridgehead atoms. The van der Waals surface area contributed by atoms with Crippen molar-refractivity contribution in [2.45, 2.75) is 38.5 Å². The first-order valence-electron chi connectivity index (χ1n) is 6.65. The average molecular weight is 266 g/mol.